The Labute approximate surface area is 113 Å². The smallest absolute Gasteiger partial charge is 0.124 e. The first-order valence-corrected chi connectivity index (χ1v) is 7.05. The summed E-state index contributed by atoms with van der Waals surface area (Å²) in [6, 6.07) is 6.69. The Morgan fingerprint density at radius 1 is 1.16 bits per heavy atom. The number of likely N-dealkylation sites (tertiary alicyclic amines) is 1. The Morgan fingerprint density at radius 2 is 1.89 bits per heavy atom. The van der Waals surface area contributed by atoms with Crippen molar-refractivity contribution in [2.75, 3.05) is 13.1 Å². The fourth-order valence-corrected chi connectivity index (χ4v) is 3.02. The van der Waals surface area contributed by atoms with Crippen molar-refractivity contribution in [3.05, 3.63) is 30.1 Å². The molecule has 0 radical (unpaired) electrons. The van der Waals surface area contributed by atoms with E-state index in [1.807, 2.05) is 0 Å². The van der Waals surface area contributed by atoms with Crippen molar-refractivity contribution in [3.63, 3.8) is 0 Å². The predicted molar refractivity (Wildman–Crippen MR) is 70.7 cm³/mol. The normalized spacial score (nSPS) is 28.9. The average molecular weight is 265 g/mol. The van der Waals surface area contributed by atoms with E-state index in [9.17, 15) is 9.50 Å². The third-order valence-electron chi connectivity index (χ3n) is 4.13. The molecule has 2 aliphatic rings. The van der Waals surface area contributed by atoms with Gasteiger partial charge in [-0.25, -0.2) is 4.39 Å². The van der Waals surface area contributed by atoms with E-state index in [1.165, 1.54) is 18.6 Å². The number of hydrogen-bond acceptors (Lipinski definition) is 3. The van der Waals surface area contributed by atoms with Gasteiger partial charge in [0.1, 0.15) is 17.7 Å². The van der Waals surface area contributed by atoms with Crippen LogP contribution >= 0.6 is 0 Å². The highest BCUT2D eigenvalue weighted by atomic mass is 19.1. The van der Waals surface area contributed by atoms with Gasteiger partial charge in [-0.05, 0) is 49.9 Å². The molecular formula is C15H20FNO2. The molecule has 1 aliphatic heterocycles. The Bertz CT molecular complexity index is 417. The van der Waals surface area contributed by atoms with E-state index in [1.54, 1.807) is 12.1 Å². The number of aliphatic hydroxyl groups excluding tert-OH is 1. The van der Waals surface area contributed by atoms with Gasteiger partial charge in [-0.15, -0.1) is 0 Å². The van der Waals surface area contributed by atoms with Crippen LogP contribution in [0.4, 0.5) is 4.39 Å². The van der Waals surface area contributed by atoms with Crippen molar-refractivity contribution in [2.45, 2.75) is 43.9 Å². The van der Waals surface area contributed by atoms with Gasteiger partial charge in [-0.3, -0.25) is 4.90 Å². The number of nitrogens with zero attached hydrogens (tertiary/aromatic N) is 1. The van der Waals surface area contributed by atoms with Crippen LogP contribution in [0.3, 0.4) is 0 Å². The molecule has 2 fully saturated rings. The maximum absolute atomic E-state index is 12.8. The Balaban J connectivity index is 1.46. The Kier molecular flexibility index (Phi) is 3.71. The summed E-state index contributed by atoms with van der Waals surface area (Å²) in [6.07, 6.45) is 4.20. The van der Waals surface area contributed by atoms with Crippen molar-refractivity contribution in [1.82, 2.24) is 4.90 Å². The first-order chi connectivity index (χ1) is 9.20. The minimum absolute atomic E-state index is 0.129. The van der Waals surface area contributed by atoms with Gasteiger partial charge in [0.25, 0.3) is 0 Å². The molecule has 1 saturated heterocycles. The lowest BCUT2D eigenvalue weighted by Crippen LogP contribution is -2.58. The topological polar surface area (TPSA) is 32.7 Å². The van der Waals surface area contributed by atoms with Gasteiger partial charge in [0.2, 0.25) is 0 Å². The van der Waals surface area contributed by atoms with E-state index in [2.05, 4.69) is 4.90 Å². The average Bonchev–Trinajstić information content (AvgIpc) is 2.35. The van der Waals surface area contributed by atoms with Crippen molar-refractivity contribution in [2.24, 2.45) is 0 Å². The van der Waals surface area contributed by atoms with Gasteiger partial charge in [-0.1, -0.05) is 0 Å². The molecule has 0 amide bonds. The molecule has 1 saturated carbocycles. The first kappa shape index (κ1) is 12.9. The van der Waals surface area contributed by atoms with E-state index in [-0.39, 0.29) is 18.0 Å². The van der Waals surface area contributed by atoms with Crippen molar-refractivity contribution in [1.29, 1.82) is 0 Å². The molecule has 3 nitrogen and oxygen atoms in total. The van der Waals surface area contributed by atoms with Crippen LogP contribution in [0.25, 0.3) is 0 Å². The number of ether oxygens (including phenoxy) is 1. The van der Waals surface area contributed by atoms with Crippen LogP contribution in [0.1, 0.15) is 25.7 Å². The molecule has 0 spiro atoms. The third-order valence-corrected chi connectivity index (χ3v) is 4.13. The largest absolute Gasteiger partial charge is 0.488 e. The summed E-state index contributed by atoms with van der Waals surface area (Å²) in [7, 11) is 0. The molecule has 2 unspecified atom stereocenters. The van der Waals surface area contributed by atoms with E-state index < -0.39 is 0 Å². The lowest BCUT2D eigenvalue weighted by Gasteiger charge is -2.46. The molecule has 0 aromatic heterocycles. The summed E-state index contributed by atoms with van der Waals surface area (Å²) in [5.41, 5.74) is 0. The summed E-state index contributed by atoms with van der Waals surface area (Å²) in [4.78, 5) is 2.39. The number of benzene rings is 1. The molecule has 4 heteroatoms. The second kappa shape index (κ2) is 5.47. The second-order valence-electron chi connectivity index (χ2n) is 5.62. The summed E-state index contributed by atoms with van der Waals surface area (Å²) >= 11 is 0. The molecule has 1 aromatic carbocycles. The van der Waals surface area contributed by atoms with Gasteiger partial charge < -0.3 is 9.84 Å². The summed E-state index contributed by atoms with van der Waals surface area (Å²) in [5, 5.41) is 9.68. The van der Waals surface area contributed by atoms with E-state index in [0.29, 0.717) is 6.04 Å². The van der Waals surface area contributed by atoms with Gasteiger partial charge in [0, 0.05) is 19.1 Å². The zero-order valence-electron chi connectivity index (χ0n) is 11.0. The van der Waals surface area contributed by atoms with Crippen LogP contribution in [0, 0.1) is 5.82 Å². The zero-order valence-corrected chi connectivity index (χ0v) is 11.0. The fraction of sp³-hybridized carbons (Fsp3) is 0.600. The molecule has 1 aromatic rings. The van der Waals surface area contributed by atoms with E-state index in [0.717, 1.165) is 38.1 Å². The van der Waals surface area contributed by atoms with Crippen LogP contribution in [-0.4, -0.2) is 41.3 Å². The molecule has 19 heavy (non-hydrogen) atoms. The van der Waals surface area contributed by atoms with Crippen molar-refractivity contribution >= 4 is 0 Å². The summed E-state index contributed by atoms with van der Waals surface area (Å²) in [5.74, 6) is 0.494. The highest BCUT2D eigenvalue weighted by Crippen LogP contribution is 2.28. The van der Waals surface area contributed by atoms with Crippen LogP contribution in [-0.2, 0) is 0 Å². The molecule has 1 aliphatic carbocycles. The molecule has 2 atom stereocenters. The van der Waals surface area contributed by atoms with E-state index in [4.69, 9.17) is 4.74 Å². The lowest BCUT2D eigenvalue weighted by molar-refractivity contribution is -0.0364. The molecule has 104 valence electrons. The summed E-state index contributed by atoms with van der Waals surface area (Å²) < 4.78 is 18.6. The highest BCUT2D eigenvalue weighted by Gasteiger charge is 2.35. The van der Waals surface area contributed by atoms with E-state index >= 15 is 0 Å². The standard InChI is InChI=1S/C15H20FNO2/c16-11-4-6-14(7-5-11)19-15-9-17(10-15)12-2-1-3-13(18)8-12/h4-7,12-13,15,18H,1-3,8-10H2. The summed E-state index contributed by atoms with van der Waals surface area (Å²) in [6.45, 7) is 1.82. The van der Waals surface area contributed by atoms with Crippen LogP contribution in [0.5, 0.6) is 5.75 Å². The third kappa shape index (κ3) is 3.07. The first-order valence-electron chi connectivity index (χ1n) is 7.05. The molecule has 0 bridgehead atoms. The Morgan fingerprint density at radius 3 is 2.58 bits per heavy atom. The maximum atomic E-state index is 12.8. The molecule has 1 N–H and O–H groups in total. The molecular weight excluding hydrogens is 245 g/mol. The van der Waals surface area contributed by atoms with Gasteiger partial charge >= 0.3 is 0 Å². The zero-order chi connectivity index (χ0) is 13.2. The minimum atomic E-state index is -0.237. The number of rotatable bonds is 3. The Hall–Kier alpha value is -1.13. The SMILES string of the molecule is OC1CCCC(N2CC(Oc3ccc(F)cc3)C2)C1. The number of hydrogen-bond donors (Lipinski definition) is 1. The van der Waals surface area contributed by atoms with Crippen LogP contribution in [0.15, 0.2) is 24.3 Å². The van der Waals surface area contributed by atoms with Crippen molar-refractivity contribution < 1.29 is 14.2 Å². The second-order valence-corrected chi connectivity index (χ2v) is 5.62. The number of halogens is 1. The molecule has 1 heterocycles. The monoisotopic (exact) mass is 265 g/mol. The maximum Gasteiger partial charge on any atom is 0.124 e. The number of aliphatic hydroxyl groups is 1. The van der Waals surface area contributed by atoms with Crippen molar-refractivity contribution in [3.8, 4) is 5.75 Å². The minimum Gasteiger partial charge on any atom is -0.488 e. The van der Waals surface area contributed by atoms with Crippen LogP contribution < -0.4 is 4.74 Å². The van der Waals surface area contributed by atoms with Gasteiger partial charge in [0.05, 0.1) is 6.10 Å². The highest BCUT2D eigenvalue weighted by molar-refractivity contribution is 5.22. The quantitative estimate of drug-likeness (QED) is 0.909. The predicted octanol–water partition coefficient (Wildman–Crippen LogP) is 2.19. The van der Waals surface area contributed by atoms with Gasteiger partial charge in [-0.2, -0.15) is 0 Å². The lowest BCUT2D eigenvalue weighted by atomic mass is 9.90. The fourth-order valence-electron chi connectivity index (χ4n) is 3.02. The van der Waals surface area contributed by atoms with Gasteiger partial charge in [0.15, 0.2) is 0 Å². The molecule has 3 rings (SSSR count). The van der Waals surface area contributed by atoms with Crippen LogP contribution in [0.2, 0.25) is 0 Å².